The van der Waals surface area contributed by atoms with Crippen LogP contribution < -0.4 is 21.3 Å². The highest BCUT2D eigenvalue weighted by molar-refractivity contribution is 7.91. The van der Waals surface area contributed by atoms with E-state index >= 15 is 0 Å². The summed E-state index contributed by atoms with van der Waals surface area (Å²) >= 11 is 0. The van der Waals surface area contributed by atoms with E-state index in [0.717, 1.165) is 126 Å². The number of sulfone groups is 1. The van der Waals surface area contributed by atoms with Gasteiger partial charge in [0.2, 0.25) is 11.8 Å². The predicted molar refractivity (Wildman–Crippen MR) is 578 cm³/mol. The van der Waals surface area contributed by atoms with Gasteiger partial charge in [0.15, 0.2) is 9.84 Å². The van der Waals surface area contributed by atoms with Crippen LogP contribution in [0.2, 0.25) is 0 Å². The zero-order valence-corrected chi connectivity index (χ0v) is 95.7. The highest BCUT2D eigenvalue weighted by Crippen LogP contribution is 2.30. The van der Waals surface area contributed by atoms with Crippen LogP contribution in [0.25, 0.3) is 0 Å². The molecule has 4 N–H and O–H groups in total. The van der Waals surface area contributed by atoms with Gasteiger partial charge in [0.05, 0.1) is 18.1 Å². The molecule has 0 aromatic heterocycles. The largest absolute Gasteiger partial charge is 0.354 e. The van der Waals surface area contributed by atoms with Gasteiger partial charge in [-0.1, -0.05) is 37.1 Å². The Morgan fingerprint density at radius 2 is 0.805 bits per heavy atom. The normalized spacial score (nSPS) is 26.5. The van der Waals surface area contributed by atoms with Gasteiger partial charge in [0.25, 0.3) is 0 Å². The molecule has 0 aliphatic carbocycles. The maximum Gasteiger partial charge on any atom is 0.234 e. The Labute approximate surface area is 826 Å². The van der Waals surface area contributed by atoms with Gasteiger partial charge in [-0.05, 0) is 306 Å². The molecule has 12 heterocycles. The molecule has 8 atom stereocenters. The molecule has 2 amide bonds. The number of amides is 2. The predicted octanol–water partition coefficient (Wildman–Crippen LogP) is 14.0. The third-order valence-corrected chi connectivity index (χ3v) is 32.2. The third kappa shape index (κ3) is 51.4. The fraction of sp³-hybridized carbons (Fsp3) is 0.925. The molecule has 0 bridgehead atoms. The van der Waals surface area contributed by atoms with Gasteiger partial charge >= 0.3 is 0 Å². The Balaban J connectivity index is 0.000000491. The zero-order chi connectivity index (χ0) is 101. The van der Waals surface area contributed by atoms with Crippen LogP contribution in [-0.2, 0) is 43.2 Å². The number of rotatable bonds is 13. The van der Waals surface area contributed by atoms with E-state index in [9.17, 15) is 22.2 Å². The Morgan fingerprint density at radius 1 is 0.406 bits per heavy atom. The van der Waals surface area contributed by atoms with Crippen LogP contribution in [-0.4, -0.2) is 437 Å². The fourth-order valence-corrected chi connectivity index (χ4v) is 22.9. The minimum Gasteiger partial charge on any atom is -0.354 e. The fourth-order valence-electron chi connectivity index (χ4n) is 20.6. The molecule has 0 radical (unpaired) electrons. The van der Waals surface area contributed by atoms with Crippen molar-refractivity contribution in [2.75, 3.05) is 207 Å². The van der Waals surface area contributed by atoms with Crippen molar-refractivity contribution in [3.63, 3.8) is 0 Å². The molecule has 786 valence electrons. The van der Waals surface area contributed by atoms with Gasteiger partial charge < -0.3 is 31.1 Å². The molecule has 8 unspecified atom stereocenters. The molecular weight excluding hydrogens is 1700 g/mol. The van der Waals surface area contributed by atoms with Crippen molar-refractivity contribution in [2.24, 2.45) is 0 Å². The highest BCUT2D eigenvalue weighted by atomic mass is 32.2. The average molecular weight is 1920 g/mol. The number of piperazine rings is 7. The van der Waals surface area contributed by atoms with Crippen LogP contribution in [0, 0.1) is 0 Å². The number of nitrogens with one attached hydrogen (secondary N) is 4. The molecule has 12 aliphatic rings. The smallest absolute Gasteiger partial charge is 0.234 e. The van der Waals surface area contributed by atoms with Gasteiger partial charge in [-0.2, -0.15) is 0 Å². The summed E-state index contributed by atoms with van der Waals surface area (Å²) in [7, 11) is -1.02. The monoisotopic (exact) mass is 1920 g/mol. The number of carbonyl (C=O) groups excluding carboxylic acids is 2. The molecule has 1 aromatic carbocycles. The van der Waals surface area contributed by atoms with Crippen LogP contribution in [0.1, 0.15) is 306 Å². The maximum absolute atomic E-state index is 11.0. The minimum atomic E-state index is -2.69. The molecule has 0 saturated carbocycles. The Kier molecular flexibility index (Phi) is 63.3. The Hall–Kier alpha value is -2.42. The lowest BCUT2D eigenvalue weighted by molar-refractivity contribution is -0.130. The number of fused-ring (bicyclic) bond motifs is 1. The molecule has 133 heavy (non-hydrogen) atoms. The lowest BCUT2D eigenvalue weighted by Gasteiger charge is -2.45. The third-order valence-electron chi connectivity index (χ3n) is 29.3. The van der Waals surface area contributed by atoms with Crippen LogP contribution in [0.5, 0.6) is 0 Å². The number of piperidine rings is 2. The van der Waals surface area contributed by atoms with Crippen molar-refractivity contribution < 1.29 is 22.2 Å². The summed E-state index contributed by atoms with van der Waals surface area (Å²) in [6, 6.07) is 23.0. The van der Waals surface area contributed by atoms with Crippen molar-refractivity contribution in [1.82, 2.24) is 94.8 Å². The van der Waals surface area contributed by atoms with E-state index in [-0.39, 0.29) is 11.8 Å². The van der Waals surface area contributed by atoms with Gasteiger partial charge in [-0.15, -0.1) is 0 Å². The lowest BCUT2D eigenvalue weighted by atomic mass is 9.89. The van der Waals surface area contributed by atoms with Crippen molar-refractivity contribution >= 4 is 32.5 Å². The molecule has 13 rings (SSSR count). The van der Waals surface area contributed by atoms with E-state index in [1.807, 2.05) is 4.90 Å². The topological polar surface area (TPSA) is 182 Å². The standard InChI is InChI=1S/C12H17N.C10H22N2.2C10H21N.C9H18N2O.3C9H20N2.C8H18N2.C7H14N2O.C7H15NO2S.C7H15NOS/c1-10(2)13-8-7-11-5-3-4-6-12(11)9-13;1-9(2)11-5-7-12(8-6-11)10(3)4;1-9(2)11-8-6-5-7-10(11,3)4;1-8(2)11-9(3)6-5-7-10(11)4;1-8(2)10-4-6-11(7-5-10)9(3)12;1-7(2)11-6-8(3)10-5-9(11)4;1-7(2)11-5-8(3)10-9(4)6-11;1-7(2)11-8(3)5-10-6-9(11)4;1-8(2)10-6-4-9(3)5-7-10;1-6(2)9-4-3-8-7(10)5-9;1-7(2)8-3-5-11(9,10)6-4-8;1-7(2)8-3-5-10(9)6-4-8/h3-6,10H,7-9H2,1-2H3;9-10H,5-8H2,1-4H3;9H,5-8H2,1-4H3;8-10H,5-7H2,1-4H3;8H,4-7H2,1-3H3;3*7-10H,5-6H2,1-4H3;8H,4-7H2,1-3H3;6H,3-5H2,1-2H3,(H,8,10);7H,3-6H2,1-2H3;7H,3-6H2,1-2H3. The lowest BCUT2D eigenvalue weighted by Crippen LogP contribution is -2.57. The number of hydrogen-bond acceptors (Lipinski definition) is 22. The first-order chi connectivity index (χ1) is 62.1. The molecule has 24 nitrogen and oxygen atoms in total. The summed E-state index contributed by atoms with van der Waals surface area (Å²) in [5, 5.41) is 13.2. The molecule has 0 spiro atoms. The number of hydrogen-bond donors (Lipinski definition) is 4. The van der Waals surface area contributed by atoms with E-state index in [2.05, 4.69) is 370 Å². The highest BCUT2D eigenvalue weighted by Gasteiger charge is 2.34. The number of benzene rings is 1. The number of carbonyl (C=O) groups is 2. The van der Waals surface area contributed by atoms with Crippen LogP contribution in [0.3, 0.4) is 0 Å². The van der Waals surface area contributed by atoms with Crippen LogP contribution in [0.4, 0.5) is 0 Å². The second kappa shape index (κ2) is 66.4. The molecule has 11 saturated heterocycles. The molecule has 11 fully saturated rings. The summed E-state index contributed by atoms with van der Waals surface area (Å²) in [4.78, 5) is 58.4. The van der Waals surface area contributed by atoms with Crippen molar-refractivity contribution in [2.45, 2.75) is 440 Å². The van der Waals surface area contributed by atoms with Crippen molar-refractivity contribution in [1.29, 1.82) is 0 Å². The molecular formula is C107H221N19O5S2. The molecule has 26 heteroatoms. The van der Waals surface area contributed by atoms with Gasteiger partial charge in [-0.25, -0.2) is 8.42 Å². The second-order valence-corrected chi connectivity index (χ2v) is 49.2. The van der Waals surface area contributed by atoms with E-state index in [1.54, 1.807) is 12.5 Å². The van der Waals surface area contributed by atoms with Gasteiger partial charge in [0.1, 0.15) is 0 Å². The van der Waals surface area contributed by atoms with E-state index in [4.69, 9.17) is 0 Å². The second-order valence-electron chi connectivity index (χ2n) is 45.2. The average Bonchev–Trinajstić information content (AvgIpc) is 0.799. The number of likely N-dealkylation sites (N-methyl/N-ethyl adjacent to an activating group) is 1. The summed E-state index contributed by atoms with van der Waals surface area (Å²) in [6.07, 6.45) is 9.59. The molecule has 12 aliphatic heterocycles. The quantitative estimate of drug-likeness (QED) is 0.146. The van der Waals surface area contributed by atoms with E-state index in [0.29, 0.717) is 127 Å². The summed E-state index contributed by atoms with van der Waals surface area (Å²) in [5.74, 6) is 2.78. The summed E-state index contributed by atoms with van der Waals surface area (Å²) < 4.78 is 32.9. The maximum atomic E-state index is 11.0. The Morgan fingerprint density at radius 3 is 1.17 bits per heavy atom. The SMILES string of the molecule is CC(=O)N1CCN(C(C)C)CC1.CC(C)N1C(C)CCCC1C.CC(C)N1C(C)CNCC1C.CC(C)N1CCCCC1(C)C.CC(C)N1CCN(C(C)C)CC1.CC(C)N1CCN(C)CC1.CC(C)N1CCNC(=O)C1.CC(C)N1CCS(=O)(=O)CC1.CC(C)N1CCS(=O)CC1.CC(C)N1CCc2ccccc2C1.CC1CN(C(C)C)C(C)CN1.CC1CN(C(C)C)CC(C)N1. The first kappa shape index (κ1) is 127. The number of likely N-dealkylation sites (tertiary alicyclic amines) is 2. The zero-order valence-electron chi connectivity index (χ0n) is 94.1. The van der Waals surface area contributed by atoms with Crippen molar-refractivity contribution in [3.8, 4) is 0 Å². The summed E-state index contributed by atoms with van der Waals surface area (Å²) in [6.45, 7) is 113. The molecule has 1 aromatic rings. The number of nitrogens with zero attached hydrogens (tertiary/aromatic N) is 15. The first-order valence-corrected chi connectivity index (χ1v) is 57.2. The Bertz CT molecular complexity index is 3180. The van der Waals surface area contributed by atoms with Crippen molar-refractivity contribution in [3.05, 3.63) is 35.4 Å². The van der Waals surface area contributed by atoms with E-state index < -0.39 is 20.6 Å². The minimum absolute atomic E-state index is 0.153. The van der Waals surface area contributed by atoms with Crippen LogP contribution in [0.15, 0.2) is 24.3 Å². The first-order valence-electron chi connectivity index (χ1n) is 53.9. The van der Waals surface area contributed by atoms with E-state index in [1.165, 1.54) is 136 Å². The van der Waals surface area contributed by atoms with Crippen LogP contribution >= 0.6 is 0 Å². The van der Waals surface area contributed by atoms with Gasteiger partial charge in [0, 0.05) is 332 Å². The van der Waals surface area contributed by atoms with Gasteiger partial charge in [-0.3, -0.25) is 77.5 Å². The summed E-state index contributed by atoms with van der Waals surface area (Å²) in [5.41, 5.74) is 3.51.